The van der Waals surface area contributed by atoms with Crippen molar-refractivity contribution in [2.24, 2.45) is 5.73 Å². The first-order valence-electron chi connectivity index (χ1n) is 5.49. The lowest BCUT2D eigenvalue weighted by molar-refractivity contribution is 0.919. The highest BCUT2D eigenvalue weighted by molar-refractivity contribution is 7.99. The fourth-order valence-corrected chi connectivity index (χ4v) is 2.49. The zero-order valence-electron chi connectivity index (χ0n) is 9.52. The summed E-state index contributed by atoms with van der Waals surface area (Å²) in [6.45, 7) is 0.439. The minimum absolute atomic E-state index is 0.439. The maximum Gasteiger partial charge on any atom is 0.200 e. The molecule has 0 aliphatic heterocycles. The molecule has 0 fully saturated rings. The van der Waals surface area contributed by atoms with Crippen molar-refractivity contribution in [3.05, 3.63) is 48.4 Å². The molecule has 2 N–H and O–H groups in total. The number of aromatic nitrogens is 4. The molecule has 5 nitrogen and oxygen atoms in total. The average Bonchev–Trinajstić information content (AvgIpc) is 2.83. The number of hydrogen-bond acceptors (Lipinski definition) is 5. The van der Waals surface area contributed by atoms with Crippen molar-refractivity contribution in [2.75, 3.05) is 0 Å². The minimum Gasteiger partial charge on any atom is -0.325 e. The van der Waals surface area contributed by atoms with E-state index in [2.05, 4.69) is 15.2 Å². The van der Waals surface area contributed by atoms with Crippen LogP contribution in [0, 0.1) is 0 Å². The molecule has 0 amide bonds. The fraction of sp³-hybridized carbons (Fsp3) is 0.0833. The smallest absolute Gasteiger partial charge is 0.200 e. The van der Waals surface area contributed by atoms with E-state index in [1.165, 1.54) is 0 Å². The molecule has 0 aliphatic rings. The van der Waals surface area contributed by atoms with Crippen LogP contribution in [0.4, 0.5) is 0 Å². The highest BCUT2D eigenvalue weighted by Gasteiger charge is 2.06. The van der Waals surface area contributed by atoms with E-state index in [4.69, 9.17) is 5.73 Å². The van der Waals surface area contributed by atoms with Crippen molar-refractivity contribution in [3.63, 3.8) is 0 Å². The van der Waals surface area contributed by atoms with Crippen LogP contribution in [0.2, 0.25) is 0 Å². The molecule has 0 radical (unpaired) electrons. The number of pyridine rings is 2. The van der Waals surface area contributed by atoms with Gasteiger partial charge in [0, 0.05) is 23.8 Å². The van der Waals surface area contributed by atoms with Crippen LogP contribution in [-0.4, -0.2) is 19.6 Å². The van der Waals surface area contributed by atoms with Crippen LogP contribution in [0.15, 0.2) is 52.8 Å². The van der Waals surface area contributed by atoms with Crippen molar-refractivity contribution in [3.8, 4) is 0 Å². The van der Waals surface area contributed by atoms with Crippen molar-refractivity contribution < 1.29 is 0 Å². The SMILES string of the molecule is NCc1cc(Sc2nnc3ccccn23)ccn1. The first-order valence-corrected chi connectivity index (χ1v) is 6.31. The van der Waals surface area contributed by atoms with Gasteiger partial charge in [-0.15, -0.1) is 10.2 Å². The molecular weight excluding hydrogens is 246 g/mol. The van der Waals surface area contributed by atoms with E-state index in [1.807, 2.05) is 40.9 Å². The minimum atomic E-state index is 0.439. The van der Waals surface area contributed by atoms with E-state index in [0.29, 0.717) is 6.54 Å². The van der Waals surface area contributed by atoms with Crippen molar-refractivity contribution >= 4 is 17.4 Å². The Hall–Kier alpha value is -1.92. The second-order valence-electron chi connectivity index (χ2n) is 3.70. The fourth-order valence-electron chi connectivity index (χ4n) is 1.63. The first-order chi connectivity index (χ1) is 8.86. The van der Waals surface area contributed by atoms with Gasteiger partial charge < -0.3 is 5.73 Å². The summed E-state index contributed by atoms with van der Waals surface area (Å²) in [7, 11) is 0. The van der Waals surface area contributed by atoms with Crippen LogP contribution in [0.1, 0.15) is 5.69 Å². The van der Waals surface area contributed by atoms with E-state index >= 15 is 0 Å². The zero-order chi connectivity index (χ0) is 12.4. The number of hydrogen-bond donors (Lipinski definition) is 1. The molecule has 3 aromatic rings. The van der Waals surface area contributed by atoms with E-state index in [1.54, 1.807) is 18.0 Å². The van der Waals surface area contributed by atoms with Crippen LogP contribution in [0.3, 0.4) is 0 Å². The molecule has 3 aromatic heterocycles. The molecule has 3 heterocycles. The molecule has 0 saturated heterocycles. The Morgan fingerprint density at radius 3 is 3.06 bits per heavy atom. The molecule has 0 saturated carbocycles. The molecular formula is C12H11N5S. The Labute approximate surface area is 108 Å². The van der Waals surface area contributed by atoms with Gasteiger partial charge in [0.15, 0.2) is 10.8 Å². The number of rotatable bonds is 3. The van der Waals surface area contributed by atoms with Crippen molar-refractivity contribution in [2.45, 2.75) is 16.6 Å². The highest BCUT2D eigenvalue weighted by Crippen LogP contribution is 2.26. The van der Waals surface area contributed by atoms with Crippen molar-refractivity contribution in [1.29, 1.82) is 0 Å². The highest BCUT2D eigenvalue weighted by atomic mass is 32.2. The lowest BCUT2D eigenvalue weighted by Crippen LogP contribution is -1.98. The second kappa shape index (κ2) is 4.75. The van der Waals surface area contributed by atoms with E-state index in [-0.39, 0.29) is 0 Å². The summed E-state index contributed by atoms with van der Waals surface area (Å²) in [6.07, 6.45) is 3.70. The Bertz CT molecular complexity index is 679. The molecule has 0 atom stereocenters. The Morgan fingerprint density at radius 2 is 2.17 bits per heavy atom. The molecule has 6 heteroatoms. The molecule has 3 rings (SSSR count). The van der Waals surface area contributed by atoms with Gasteiger partial charge in [-0.2, -0.15) is 0 Å². The lowest BCUT2D eigenvalue weighted by atomic mass is 10.3. The quantitative estimate of drug-likeness (QED) is 0.774. The predicted molar refractivity (Wildman–Crippen MR) is 69.2 cm³/mol. The first kappa shape index (κ1) is 11.2. The van der Waals surface area contributed by atoms with Gasteiger partial charge in [-0.3, -0.25) is 9.38 Å². The summed E-state index contributed by atoms with van der Waals surface area (Å²) >= 11 is 1.55. The average molecular weight is 257 g/mol. The van der Waals surface area contributed by atoms with E-state index in [0.717, 1.165) is 21.4 Å². The van der Waals surface area contributed by atoms with Gasteiger partial charge in [0.05, 0.1) is 5.69 Å². The summed E-state index contributed by atoms with van der Waals surface area (Å²) in [5.74, 6) is 0. The third kappa shape index (κ3) is 2.07. The van der Waals surface area contributed by atoms with Gasteiger partial charge >= 0.3 is 0 Å². The largest absolute Gasteiger partial charge is 0.325 e. The molecule has 0 spiro atoms. The molecule has 0 aromatic carbocycles. The van der Waals surface area contributed by atoms with Gasteiger partial charge in [0.1, 0.15) is 0 Å². The Kier molecular flexibility index (Phi) is 2.95. The summed E-state index contributed by atoms with van der Waals surface area (Å²) < 4.78 is 1.95. The number of fused-ring (bicyclic) bond motifs is 1. The summed E-state index contributed by atoms with van der Waals surface area (Å²) in [5.41, 5.74) is 7.29. The lowest BCUT2D eigenvalue weighted by Gasteiger charge is -2.01. The van der Waals surface area contributed by atoms with Crippen molar-refractivity contribution in [1.82, 2.24) is 19.6 Å². The number of nitrogens with zero attached hydrogens (tertiary/aromatic N) is 4. The molecule has 0 bridgehead atoms. The standard InChI is InChI=1S/C12H11N5S/c13-8-9-7-10(4-5-14-9)18-12-16-15-11-3-1-2-6-17(11)12/h1-7H,8,13H2. The number of nitrogens with two attached hydrogens (primary N) is 1. The maximum atomic E-state index is 5.58. The molecule has 18 heavy (non-hydrogen) atoms. The van der Waals surface area contributed by atoms with Gasteiger partial charge in [-0.05, 0) is 36.0 Å². The van der Waals surface area contributed by atoms with Crippen LogP contribution in [0.5, 0.6) is 0 Å². The third-order valence-electron chi connectivity index (χ3n) is 2.49. The van der Waals surface area contributed by atoms with Gasteiger partial charge in [-0.1, -0.05) is 6.07 Å². The Morgan fingerprint density at radius 1 is 1.22 bits per heavy atom. The zero-order valence-corrected chi connectivity index (χ0v) is 10.3. The third-order valence-corrected chi connectivity index (χ3v) is 3.44. The van der Waals surface area contributed by atoms with Gasteiger partial charge in [0.2, 0.25) is 0 Å². The van der Waals surface area contributed by atoms with E-state index in [9.17, 15) is 0 Å². The predicted octanol–water partition coefficient (Wildman–Crippen LogP) is 1.73. The van der Waals surface area contributed by atoms with Crippen LogP contribution in [-0.2, 0) is 6.54 Å². The Balaban J connectivity index is 1.96. The topological polar surface area (TPSA) is 69.1 Å². The van der Waals surface area contributed by atoms with E-state index < -0.39 is 0 Å². The van der Waals surface area contributed by atoms with Gasteiger partial charge in [0.25, 0.3) is 0 Å². The van der Waals surface area contributed by atoms with Crippen LogP contribution in [0.25, 0.3) is 5.65 Å². The molecule has 90 valence electrons. The maximum absolute atomic E-state index is 5.58. The van der Waals surface area contributed by atoms with Crippen LogP contribution < -0.4 is 5.73 Å². The second-order valence-corrected chi connectivity index (χ2v) is 4.74. The molecule has 0 unspecified atom stereocenters. The molecule has 0 aliphatic carbocycles. The monoisotopic (exact) mass is 257 g/mol. The van der Waals surface area contributed by atoms with Crippen LogP contribution >= 0.6 is 11.8 Å². The summed E-state index contributed by atoms with van der Waals surface area (Å²) in [5, 5.41) is 9.11. The normalized spacial score (nSPS) is 10.9. The summed E-state index contributed by atoms with van der Waals surface area (Å²) in [4.78, 5) is 5.23. The summed E-state index contributed by atoms with van der Waals surface area (Å²) in [6, 6.07) is 9.73. The van der Waals surface area contributed by atoms with Gasteiger partial charge in [-0.25, -0.2) is 0 Å².